The smallest absolute Gasteiger partial charge is 0.338 e. The molecular formula is C13H19FN2O4S. The van der Waals surface area contributed by atoms with Crippen LogP contribution in [0.4, 0.5) is 4.39 Å². The third-order valence-corrected chi connectivity index (χ3v) is 3.79. The second-order valence-corrected chi connectivity index (χ2v) is 6.98. The van der Waals surface area contributed by atoms with Crippen molar-refractivity contribution in [3.8, 4) is 0 Å². The highest BCUT2D eigenvalue weighted by molar-refractivity contribution is 7.89. The van der Waals surface area contributed by atoms with E-state index >= 15 is 0 Å². The van der Waals surface area contributed by atoms with Gasteiger partial charge < -0.3 is 10.5 Å². The molecule has 0 spiro atoms. The van der Waals surface area contributed by atoms with Crippen LogP contribution in [0, 0.1) is 5.82 Å². The second kappa shape index (κ2) is 6.50. The van der Waals surface area contributed by atoms with Crippen LogP contribution in [0.15, 0.2) is 23.1 Å². The third kappa shape index (κ3) is 5.41. The monoisotopic (exact) mass is 318 g/mol. The van der Waals surface area contributed by atoms with Crippen molar-refractivity contribution in [3.05, 3.63) is 29.6 Å². The molecule has 0 heterocycles. The van der Waals surface area contributed by atoms with E-state index in [4.69, 9.17) is 10.5 Å². The fourth-order valence-electron chi connectivity index (χ4n) is 1.41. The molecule has 0 aliphatic heterocycles. The van der Waals surface area contributed by atoms with Crippen molar-refractivity contribution >= 4 is 16.0 Å². The zero-order chi connectivity index (χ0) is 16.3. The predicted molar refractivity (Wildman–Crippen MR) is 75.8 cm³/mol. The van der Waals surface area contributed by atoms with Gasteiger partial charge in [0.1, 0.15) is 5.82 Å². The Morgan fingerprint density at radius 2 is 2.00 bits per heavy atom. The summed E-state index contributed by atoms with van der Waals surface area (Å²) in [5, 5.41) is 0. The van der Waals surface area contributed by atoms with Crippen molar-refractivity contribution in [2.24, 2.45) is 5.73 Å². The number of benzene rings is 1. The van der Waals surface area contributed by atoms with E-state index in [1.807, 2.05) is 0 Å². The van der Waals surface area contributed by atoms with E-state index in [2.05, 4.69) is 4.72 Å². The quantitative estimate of drug-likeness (QED) is 0.763. The number of esters is 1. The average molecular weight is 318 g/mol. The number of rotatable bonds is 6. The van der Waals surface area contributed by atoms with Gasteiger partial charge in [0.05, 0.1) is 17.1 Å². The van der Waals surface area contributed by atoms with Gasteiger partial charge in [0, 0.05) is 12.1 Å². The van der Waals surface area contributed by atoms with Crippen LogP contribution >= 0.6 is 0 Å². The first-order chi connectivity index (χ1) is 9.55. The second-order valence-electron chi connectivity index (χ2n) is 5.21. The minimum Gasteiger partial charge on any atom is -0.462 e. The molecule has 0 unspecified atom stereocenters. The zero-order valence-electron chi connectivity index (χ0n) is 12.1. The molecule has 8 heteroatoms. The number of carbonyl (C=O) groups excluding carboxylic acids is 1. The minimum atomic E-state index is -3.96. The van der Waals surface area contributed by atoms with Crippen LogP contribution in [0.25, 0.3) is 0 Å². The molecule has 1 aromatic carbocycles. The van der Waals surface area contributed by atoms with Crippen LogP contribution in [0.1, 0.15) is 31.1 Å². The number of nitrogens with one attached hydrogen (secondary N) is 1. The van der Waals surface area contributed by atoms with Crippen molar-refractivity contribution in [1.29, 1.82) is 0 Å². The third-order valence-electron chi connectivity index (χ3n) is 2.41. The summed E-state index contributed by atoms with van der Waals surface area (Å²) in [6, 6.07) is 2.81. The maximum atomic E-state index is 13.5. The van der Waals surface area contributed by atoms with E-state index in [0.717, 1.165) is 18.2 Å². The lowest BCUT2D eigenvalue weighted by Gasteiger charge is -2.19. The number of carbonyl (C=O) groups is 1. The highest BCUT2D eigenvalue weighted by atomic mass is 32.2. The minimum absolute atomic E-state index is 0.0272. The Morgan fingerprint density at radius 1 is 1.38 bits per heavy atom. The summed E-state index contributed by atoms with van der Waals surface area (Å²) in [7, 11) is -3.96. The number of sulfonamides is 1. The van der Waals surface area contributed by atoms with Gasteiger partial charge in [-0.1, -0.05) is 0 Å². The summed E-state index contributed by atoms with van der Waals surface area (Å²) in [6.45, 7) is 4.97. The first kappa shape index (κ1) is 17.5. The SMILES string of the molecule is CCOC(=O)c1cc(F)cc(S(=O)(=O)NCC(C)(C)N)c1. The average Bonchev–Trinajstić information content (AvgIpc) is 2.35. The van der Waals surface area contributed by atoms with Gasteiger partial charge in [-0.3, -0.25) is 0 Å². The van der Waals surface area contributed by atoms with Crippen molar-refractivity contribution in [1.82, 2.24) is 4.72 Å². The summed E-state index contributed by atoms with van der Waals surface area (Å²) in [5.74, 6) is -1.62. The Hall–Kier alpha value is -1.51. The van der Waals surface area contributed by atoms with Crippen LogP contribution < -0.4 is 10.5 Å². The fraction of sp³-hybridized carbons (Fsp3) is 0.462. The molecule has 118 valence electrons. The standard InChI is InChI=1S/C13H19FN2O4S/c1-4-20-12(17)9-5-10(14)7-11(6-9)21(18,19)16-8-13(2,3)15/h5-7,16H,4,8,15H2,1-3H3. The molecule has 0 atom stereocenters. The van der Waals surface area contributed by atoms with E-state index in [1.165, 1.54) is 0 Å². The molecule has 6 nitrogen and oxygen atoms in total. The van der Waals surface area contributed by atoms with Crippen molar-refractivity contribution in [3.63, 3.8) is 0 Å². The summed E-state index contributed by atoms with van der Waals surface area (Å²) >= 11 is 0. The van der Waals surface area contributed by atoms with Crippen LogP contribution in [0.3, 0.4) is 0 Å². The number of hydrogen-bond acceptors (Lipinski definition) is 5. The predicted octanol–water partition coefficient (Wildman–Crippen LogP) is 1.02. The van der Waals surface area contributed by atoms with Crippen LogP contribution in [0.5, 0.6) is 0 Å². The highest BCUT2D eigenvalue weighted by Crippen LogP contribution is 2.16. The lowest BCUT2D eigenvalue weighted by Crippen LogP contribution is -2.45. The summed E-state index contributed by atoms with van der Waals surface area (Å²) in [4.78, 5) is 11.2. The topological polar surface area (TPSA) is 98.5 Å². The van der Waals surface area contributed by atoms with Crippen molar-refractivity contribution < 1.29 is 22.3 Å². The molecule has 0 radical (unpaired) electrons. The molecule has 0 aromatic heterocycles. The van der Waals surface area contributed by atoms with E-state index in [9.17, 15) is 17.6 Å². The molecule has 0 bridgehead atoms. The molecule has 21 heavy (non-hydrogen) atoms. The molecule has 0 saturated heterocycles. The zero-order valence-corrected chi connectivity index (χ0v) is 13.0. The van der Waals surface area contributed by atoms with Gasteiger partial charge in [-0.05, 0) is 39.0 Å². The van der Waals surface area contributed by atoms with Crippen LogP contribution in [-0.2, 0) is 14.8 Å². The number of ether oxygens (including phenoxy) is 1. The molecule has 3 N–H and O–H groups in total. The summed E-state index contributed by atoms with van der Waals surface area (Å²) in [5.41, 5.74) is 4.77. The molecule has 0 aliphatic carbocycles. The molecule has 0 saturated carbocycles. The van der Waals surface area contributed by atoms with E-state index in [-0.39, 0.29) is 23.6 Å². The van der Waals surface area contributed by atoms with Gasteiger partial charge in [0.25, 0.3) is 0 Å². The Labute approximate surface area is 123 Å². The van der Waals surface area contributed by atoms with Gasteiger partial charge in [-0.2, -0.15) is 0 Å². The molecule has 1 rings (SSSR count). The maximum absolute atomic E-state index is 13.5. The first-order valence-electron chi connectivity index (χ1n) is 6.31. The number of hydrogen-bond donors (Lipinski definition) is 2. The largest absolute Gasteiger partial charge is 0.462 e. The van der Waals surface area contributed by atoms with Gasteiger partial charge in [-0.25, -0.2) is 22.3 Å². The van der Waals surface area contributed by atoms with Gasteiger partial charge in [0.15, 0.2) is 0 Å². The molecule has 0 aliphatic rings. The van der Waals surface area contributed by atoms with E-state index in [0.29, 0.717) is 0 Å². The lowest BCUT2D eigenvalue weighted by molar-refractivity contribution is 0.0525. The molecule has 0 fully saturated rings. The summed E-state index contributed by atoms with van der Waals surface area (Å²) < 4.78 is 44.7. The maximum Gasteiger partial charge on any atom is 0.338 e. The Morgan fingerprint density at radius 3 is 2.52 bits per heavy atom. The number of halogens is 1. The molecule has 1 aromatic rings. The van der Waals surface area contributed by atoms with Crippen LogP contribution in [-0.4, -0.2) is 33.1 Å². The van der Waals surface area contributed by atoms with Gasteiger partial charge in [-0.15, -0.1) is 0 Å². The Kier molecular flexibility index (Phi) is 5.43. The van der Waals surface area contributed by atoms with Crippen LogP contribution in [0.2, 0.25) is 0 Å². The van der Waals surface area contributed by atoms with Crippen molar-refractivity contribution in [2.75, 3.05) is 13.2 Å². The van der Waals surface area contributed by atoms with E-state index < -0.39 is 27.3 Å². The fourth-order valence-corrected chi connectivity index (χ4v) is 2.69. The first-order valence-corrected chi connectivity index (χ1v) is 7.80. The van der Waals surface area contributed by atoms with Gasteiger partial charge in [0.2, 0.25) is 10.0 Å². The van der Waals surface area contributed by atoms with Gasteiger partial charge >= 0.3 is 5.97 Å². The lowest BCUT2D eigenvalue weighted by atomic mass is 10.1. The Balaban J connectivity index is 3.10. The Bertz CT molecular complexity index is 624. The molecule has 0 amide bonds. The molecular weight excluding hydrogens is 299 g/mol. The van der Waals surface area contributed by atoms with Crippen molar-refractivity contribution in [2.45, 2.75) is 31.2 Å². The highest BCUT2D eigenvalue weighted by Gasteiger charge is 2.21. The summed E-state index contributed by atoms with van der Waals surface area (Å²) in [6.07, 6.45) is 0. The number of nitrogens with two attached hydrogens (primary N) is 1. The van der Waals surface area contributed by atoms with E-state index in [1.54, 1.807) is 20.8 Å². The normalized spacial score (nSPS) is 12.2.